The molecule has 0 spiro atoms. The van der Waals surface area contributed by atoms with E-state index >= 15 is 0 Å². The Morgan fingerprint density at radius 1 is 1.11 bits per heavy atom. The third-order valence-electron chi connectivity index (χ3n) is 7.24. The summed E-state index contributed by atoms with van der Waals surface area (Å²) in [5, 5.41) is 15.6. The molecule has 250 valence electrons. The number of phenolic OH excluding ortho intramolecular Hbond substituents is 1. The van der Waals surface area contributed by atoms with Crippen molar-refractivity contribution < 1.29 is 14.7 Å². The van der Waals surface area contributed by atoms with Crippen LogP contribution in [0.3, 0.4) is 0 Å². The minimum Gasteiger partial charge on any atom is -0.506 e. The summed E-state index contributed by atoms with van der Waals surface area (Å²) in [5.74, 6) is 0.337. The van der Waals surface area contributed by atoms with Crippen molar-refractivity contribution in [3.05, 3.63) is 105 Å². The Morgan fingerprint density at radius 2 is 1.78 bits per heavy atom. The SMILES string of the molecule is C=C1C(Br)=CC=CN1/C=C(\C)c1ccc(C[C@@H](CNC(=O)CN(C)C)NC(=O)c2ccc(O)c(Cl)c2)cc1.CCCCCC(C)C. The standard InChI is InChI=1S/C29H32BrClN4O3.C8H18/c1-19(17-35-13-5-6-25(30)20(35)2)22-9-7-21(8-10-22)14-24(16-32-28(37)18-34(3)4)33-29(38)23-11-12-27(36)26(31)15-23;1-4-5-6-7-8(2)3/h5-13,15,17,24,36H,2,14,16,18H2,1,3-4H3,(H,32,37)(H,33,38);8H,4-7H2,1-3H3/b19-17+;/t24-;/m0./s1. The molecule has 2 amide bonds. The number of hydrogen-bond donors (Lipinski definition) is 3. The number of nitrogens with zero attached hydrogens (tertiary/aromatic N) is 2. The summed E-state index contributed by atoms with van der Waals surface area (Å²) < 4.78 is 0.930. The van der Waals surface area contributed by atoms with E-state index in [0.717, 1.165) is 32.8 Å². The van der Waals surface area contributed by atoms with E-state index in [2.05, 4.69) is 53.9 Å². The molecule has 1 heterocycles. The number of amides is 2. The summed E-state index contributed by atoms with van der Waals surface area (Å²) in [6, 6.07) is 12.0. The molecule has 0 saturated carbocycles. The van der Waals surface area contributed by atoms with Crippen LogP contribution < -0.4 is 10.6 Å². The first kappa shape index (κ1) is 38.9. The van der Waals surface area contributed by atoms with Crippen LogP contribution in [0.4, 0.5) is 0 Å². The van der Waals surface area contributed by atoms with Crippen LogP contribution in [0.2, 0.25) is 5.02 Å². The molecule has 46 heavy (non-hydrogen) atoms. The molecule has 7 nitrogen and oxygen atoms in total. The van der Waals surface area contributed by atoms with Gasteiger partial charge in [-0.3, -0.25) is 9.59 Å². The molecule has 0 aromatic heterocycles. The van der Waals surface area contributed by atoms with Gasteiger partial charge in [0.2, 0.25) is 5.91 Å². The topological polar surface area (TPSA) is 84.9 Å². The highest BCUT2D eigenvalue weighted by Crippen LogP contribution is 2.27. The molecule has 0 bridgehead atoms. The van der Waals surface area contributed by atoms with Crippen molar-refractivity contribution in [1.82, 2.24) is 20.4 Å². The molecule has 0 saturated heterocycles. The molecule has 2 aromatic rings. The van der Waals surface area contributed by atoms with Crippen LogP contribution in [-0.2, 0) is 11.2 Å². The predicted octanol–water partition coefficient (Wildman–Crippen LogP) is 8.27. The molecule has 0 unspecified atom stereocenters. The van der Waals surface area contributed by atoms with E-state index in [1.807, 2.05) is 74.7 Å². The van der Waals surface area contributed by atoms with Crippen LogP contribution in [-0.4, -0.2) is 59.9 Å². The van der Waals surface area contributed by atoms with E-state index in [1.165, 1.54) is 43.9 Å². The Bertz CT molecular complexity index is 1400. The number of rotatable bonds is 14. The molecular formula is C37H50BrClN4O3. The molecule has 0 aliphatic carbocycles. The Balaban J connectivity index is 0.000000812. The Kier molecular flexibility index (Phi) is 16.9. The second-order valence-corrected chi connectivity index (χ2v) is 13.5. The number of unbranched alkanes of at least 4 members (excludes halogenated alkanes) is 2. The number of benzene rings is 2. The van der Waals surface area contributed by atoms with Crippen molar-refractivity contribution in [2.24, 2.45) is 5.92 Å². The van der Waals surface area contributed by atoms with Gasteiger partial charge in [-0.05, 0) is 96.3 Å². The second-order valence-electron chi connectivity index (χ2n) is 12.2. The molecule has 1 atom stereocenters. The van der Waals surface area contributed by atoms with Crippen LogP contribution in [0.15, 0.2) is 83.8 Å². The van der Waals surface area contributed by atoms with Crippen molar-refractivity contribution in [2.45, 2.75) is 65.8 Å². The van der Waals surface area contributed by atoms with E-state index < -0.39 is 0 Å². The van der Waals surface area contributed by atoms with Crippen LogP contribution >= 0.6 is 27.5 Å². The summed E-state index contributed by atoms with van der Waals surface area (Å²) >= 11 is 9.49. The van der Waals surface area contributed by atoms with Gasteiger partial charge in [-0.1, -0.05) is 88.9 Å². The van der Waals surface area contributed by atoms with Crippen LogP contribution in [0.5, 0.6) is 5.75 Å². The average Bonchev–Trinajstić information content (AvgIpc) is 3.00. The lowest BCUT2D eigenvalue weighted by atomic mass is 10.0. The second kappa shape index (κ2) is 20.0. The van der Waals surface area contributed by atoms with Crippen molar-refractivity contribution in [2.75, 3.05) is 27.2 Å². The number of allylic oxidation sites excluding steroid dienone is 4. The van der Waals surface area contributed by atoms with Crippen LogP contribution in [0, 0.1) is 5.92 Å². The van der Waals surface area contributed by atoms with Crippen molar-refractivity contribution in [3.63, 3.8) is 0 Å². The van der Waals surface area contributed by atoms with Gasteiger partial charge in [-0.25, -0.2) is 0 Å². The van der Waals surface area contributed by atoms with E-state index in [-0.39, 0.29) is 41.7 Å². The summed E-state index contributed by atoms with van der Waals surface area (Å²) in [6.45, 7) is 13.5. The van der Waals surface area contributed by atoms with E-state index in [1.54, 1.807) is 4.90 Å². The Labute approximate surface area is 289 Å². The van der Waals surface area contributed by atoms with Gasteiger partial charge in [-0.15, -0.1) is 0 Å². The van der Waals surface area contributed by atoms with E-state index in [4.69, 9.17) is 11.6 Å². The third-order valence-corrected chi connectivity index (χ3v) is 8.26. The lowest BCUT2D eigenvalue weighted by molar-refractivity contribution is -0.121. The summed E-state index contributed by atoms with van der Waals surface area (Å²) in [4.78, 5) is 28.9. The Morgan fingerprint density at radius 3 is 2.39 bits per heavy atom. The highest BCUT2D eigenvalue weighted by atomic mass is 79.9. The largest absolute Gasteiger partial charge is 0.506 e. The molecule has 3 N–H and O–H groups in total. The fraction of sp³-hybridized carbons (Fsp3) is 0.405. The molecule has 1 aliphatic rings. The first-order chi connectivity index (χ1) is 21.8. The van der Waals surface area contributed by atoms with Crippen molar-refractivity contribution >= 4 is 44.9 Å². The first-order valence-electron chi connectivity index (χ1n) is 15.8. The first-order valence-corrected chi connectivity index (χ1v) is 17.0. The molecular weight excluding hydrogens is 664 g/mol. The monoisotopic (exact) mass is 712 g/mol. The maximum Gasteiger partial charge on any atom is 0.251 e. The zero-order valence-electron chi connectivity index (χ0n) is 28.1. The number of hydrogen-bond acceptors (Lipinski definition) is 5. The maximum absolute atomic E-state index is 12.9. The normalized spacial score (nSPS) is 13.7. The van der Waals surface area contributed by atoms with Gasteiger partial charge in [0.25, 0.3) is 5.91 Å². The quantitative estimate of drug-likeness (QED) is 0.172. The lowest BCUT2D eigenvalue weighted by Crippen LogP contribution is -2.46. The van der Waals surface area contributed by atoms with Gasteiger partial charge in [0.05, 0.1) is 23.3 Å². The number of nitrogens with one attached hydrogen (secondary N) is 2. The fourth-order valence-electron chi connectivity index (χ4n) is 4.60. The highest BCUT2D eigenvalue weighted by Gasteiger charge is 2.17. The van der Waals surface area contributed by atoms with Gasteiger partial charge in [0, 0.05) is 29.0 Å². The van der Waals surface area contributed by atoms with Gasteiger partial charge in [0.1, 0.15) is 5.75 Å². The molecule has 9 heteroatoms. The van der Waals surface area contributed by atoms with Crippen LogP contribution in [0.25, 0.3) is 5.57 Å². The lowest BCUT2D eigenvalue weighted by Gasteiger charge is -2.22. The molecule has 3 rings (SSSR count). The third kappa shape index (κ3) is 14.0. The summed E-state index contributed by atoms with van der Waals surface area (Å²) in [7, 11) is 3.64. The maximum atomic E-state index is 12.9. The smallest absolute Gasteiger partial charge is 0.251 e. The zero-order chi connectivity index (χ0) is 34.2. The fourth-order valence-corrected chi connectivity index (χ4v) is 5.13. The van der Waals surface area contributed by atoms with Crippen molar-refractivity contribution in [1.29, 1.82) is 0 Å². The van der Waals surface area contributed by atoms with Crippen LogP contribution in [0.1, 0.15) is 74.9 Å². The summed E-state index contributed by atoms with van der Waals surface area (Å²) in [6.07, 6.45) is 14.0. The number of likely N-dealkylation sites (N-methyl/N-ethyl adjacent to an activating group) is 1. The van der Waals surface area contributed by atoms with Crippen molar-refractivity contribution in [3.8, 4) is 5.75 Å². The average molecular weight is 714 g/mol. The van der Waals surface area contributed by atoms with E-state index in [0.29, 0.717) is 12.0 Å². The summed E-state index contributed by atoms with van der Waals surface area (Å²) in [5.41, 5.74) is 4.30. The molecule has 2 aromatic carbocycles. The number of carbonyl (C=O) groups excluding carboxylic acids is 2. The number of phenols is 1. The minimum atomic E-state index is -0.366. The van der Waals surface area contributed by atoms with Gasteiger partial charge >= 0.3 is 0 Å². The molecule has 0 fully saturated rings. The Hall–Kier alpha value is -3.33. The molecule has 1 aliphatic heterocycles. The minimum absolute atomic E-state index is 0.0927. The van der Waals surface area contributed by atoms with Gasteiger partial charge in [0.15, 0.2) is 0 Å². The van der Waals surface area contributed by atoms with Gasteiger partial charge < -0.3 is 25.5 Å². The number of carbonyl (C=O) groups is 2. The number of aromatic hydroxyl groups is 1. The van der Waals surface area contributed by atoms with Gasteiger partial charge in [-0.2, -0.15) is 0 Å². The van der Waals surface area contributed by atoms with E-state index in [9.17, 15) is 14.7 Å². The zero-order valence-corrected chi connectivity index (χ0v) is 30.4. The highest BCUT2D eigenvalue weighted by molar-refractivity contribution is 9.12. The number of halogens is 2. The molecule has 0 radical (unpaired) electrons. The predicted molar refractivity (Wildman–Crippen MR) is 196 cm³/mol.